The van der Waals surface area contributed by atoms with Crippen LogP contribution in [0.3, 0.4) is 0 Å². The second-order valence-electron chi connectivity index (χ2n) is 4.80. The Morgan fingerprint density at radius 3 is 2.43 bits per heavy atom. The van der Waals surface area contributed by atoms with Gasteiger partial charge in [0.15, 0.2) is 0 Å². The number of hydrogen-bond donors (Lipinski definition) is 1. The molecule has 0 aliphatic carbocycles. The Morgan fingerprint density at radius 2 is 1.76 bits per heavy atom. The zero-order valence-electron chi connectivity index (χ0n) is 11.0. The van der Waals surface area contributed by atoms with Crippen molar-refractivity contribution in [2.24, 2.45) is 0 Å². The maximum absolute atomic E-state index is 11.5. The van der Waals surface area contributed by atoms with Crippen LogP contribution in [0.15, 0.2) is 48.5 Å². The third-order valence-corrected chi connectivity index (χ3v) is 3.60. The minimum absolute atomic E-state index is 0.0968. The number of fused-ring (bicyclic) bond motifs is 1. The Balaban J connectivity index is 2.19. The minimum Gasteiger partial charge on any atom is -0.480 e. The lowest BCUT2D eigenvalue weighted by Crippen LogP contribution is -2.35. The van der Waals surface area contributed by atoms with Crippen molar-refractivity contribution in [1.29, 1.82) is 0 Å². The van der Waals surface area contributed by atoms with Crippen molar-refractivity contribution in [3.8, 4) is 0 Å². The highest BCUT2D eigenvalue weighted by atomic mass is 16.6. The van der Waals surface area contributed by atoms with Gasteiger partial charge in [-0.2, -0.15) is 0 Å². The van der Waals surface area contributed by atoms with E-state index in [2.05, 4.69) is 0 Å². The van der Waals surface area contributed by atoms with Crippen molar-refractivity contribution < 1.29 is 14.8 Å². The standard InChI is InChI=1S/C15H12N2O4/c18-15(19)14-9-10-5-1-2-6-11(10)16(14)12-7-3-4-8-13(12)17(20)21/h1-8,14H,9H2,(H,18,19). The fourth-order valence-corrected chi connectivity index (χ4v) is 2.70. The molecule has 1 heterocycles. The quantitative estimate of drug-likeness (QED) is 0.692. The molecule has 0 saturated heterocycles. The fourth-order valence-electron chi connectivity index (χ4n) is 2.70. The number of nitrogens with zero attached hydrogens (tertiary/aromatic N) is 2. The molecule has 6 nitrogen and oxygen atoms in total. The molecule has 0 saturated carbocycles. The molecule has 0 amide bonds. The topological polar surface area (TPSA) is 83.7 Å². The molecule has 0 radical (unpaired) electrons. The number of carbonyl (C=O) groups is 1. The van der Waals surface area contributed by atoms with Crippen molar-refractivity contribution in [2.75, 3.05) is 4.90 Å². The second kappa shape index (κ2) is 4.90. The number of hydrogen-bond acceptors (Lipinski definition) is 4. The van der Waals surface area contributed by atoms with E-state index in [4.69, 9.17) is 0 Å². The predicted octanol–water partition coefficient (Wildman–Crippen LogP) is 2.74. The zero-order chi connectivity index (χ0) is 15.0. The minimum atomic E-state index is -0.996. The van der Waals surface area contributed by atoms with Crippen LogP contribution in [0.1, 0.15) is 5.56 Å². The first-order valence-corrected chi connectivity index (χ1v) is 6.43. The van der Waals surface area contributed by atoms with Crippen LogP contribution in [0.5, 0.6) is 0 Å². The van der Waals surface area contributed by atoms with Crippen LogP contribution in [-0.2, 0) is 11.2 Å². The highest BCUT2D eigenvalue weighted by Gasteiger charge is 2.37. The Hall–Kier alpha value is -2.89. The molecule has 3 rings (SSSR count). The lowest BCUT2D eigenvalue weighted by Gasteiger charge is -2.24. The van der Waals surface area contributed by atoms with Gasteiger partial charge < -0.3 is 10.0 Å². The van der Waals surface area contributed by atoms with Gasteiger partial charge in [-0.15, -0.1) is 0 Å². The predicted molar refractivity (Wildman–Crippen MR) is 76.8 cm³/mol. The van der Waals surface area contributed by atoms with Crippen LogP contribution in [-0.4, -0.2) is 22.0 Å². The molecule has 1 aliphatic heterocycles. The smallest absolute Gasteiger partial charge is 0.327 e. The van der Waals surface area contributed by atoms with Crippen LogP contribution in [0.4, 0.5) is 17.1 Å². The van der Waals surface area contributed by atoms with Gasteiger partial charge in [0.2, 0.25) is 0 Å². The van der Waals surface area contributed by atoms with E-state index in [9.17, 15) is 20.0 Å². The van der Waals surface area contributed by atoms with E-state index in [-0.39, 0.29) is 5.69 Å². The van der Waals surface area contributed by atoms with E-state index < -0.39 is 16.9 Å². The molecule has 1 atom stereocenters. The molecule has 21 heavy (non-hydrogen) atoms. The number of anilines is 2. The summed E-state index contributed by atoms with van der Waals surface area (Å²) in [6.07, 6.45) is 0.331. The maximum atomic E-state index is 11.5. The number of aliphatic carboxylic acids is 1. The monoisotopic (exact) mass is 284 g/mol. The van der Waals surface area contributed by atoms with E-state index in [0.29, 0.717) is 17.8 Å². The number of benzene rings is 2. The van der Waals surface area contributed by atoms with Crippen LogP contribution in [0.25, 0.3) is 0 Å². The SMILES string of the molecule is O=C(O)C1Cc2ccccc2N1c1ccccc1[N+](=O)[O-]. The van der Waals surface area contributed by atoms with Gasteiger partial charge >= 0.3 is 5.97 Å². The van der Waals surface area contributed by atoms with Crippen molar-refractivity contribution in [1.82, 2.24) is 0 Å². The molecule has 2 aromatic rings. The molecule has 2 aromatic carbocycles. The number of carboxylic acids is 1. The van der Waals surface area contributed by atoms with Crippen LogP contribution in [0, 0.1) is 10.1 Å². The highest BCUT2D eigenvalue weighted by molar-refractivity contribution is 5.89. The summed E-state index contributed by atoms with van der Waals surface area (Å²) >= 11 is 0. The highest BCUT2D eigenvalue weighted by Crippen LogP contribution is 2.42. The lowest BCUT2D eigenvalue weighted by atomic mass is 10.1. The van der Waals surface area contributed by atoms with Crippen molar-refractivity contribution in [3.05, 3.63) is 64.2 Å². The van der Waals surface area contributed by atoms with E-state index >= 15 is 0 Å². The van der Waals surface area contributed by atoms with Gasteiger partial charge in [0.25, 0.3) is 5.69 Å². The molecular weight excluding hydrogens is 272 g/mol. The Kier molecular flexibility index (Phi) is 3.06. The van der Waals surface area contributed by atoms with Gasteiger partial charge in [-0.3, -0.25) is 10.1 Å². The van der Waals surface area contributed by atoms with Crippen molar-refractivity contribution >= 4 is 23.0 Å². The summed E-state index contributed by atoms with van der Waals surface area (Å²) in [5.74, 6) is -0.996. The van der Waals surface area contributed by atoms with E-state index in [1.807, 2.05) is 12.1 Å². The average Bonchev–Trinajstić information content (AvgIpc) is 2.86. The Morgan fingerprint density at radius 1 is 1.14 bits per heavy atom. The second-order valence-corrected chi connectivity index (χ2v) is 4.80. The Labute approximate surface area is 120 Å². The maximum Gasteiger partial charge on any atom is 0.327 e. The summed E-state index contributed by atoms with van der Waals surface area (Å²) < 4.78 is 0. The summed E-state index contributed by atoms with van der Waals surface area (Å²) in [5.41, 5.74) is 1.79. The summed E-state index contributed by atoms with van der Waals surface area (Å²) in [5, 5.41) is 20.6. The largest absolute Gasteiger partial charge is 0.480 e. The number of para-hydroxylation sites is 3. The van der Waals surface area contributed by atoms with E-state index in [0.717, 1.165) is 5.56 Å². The van der Waals surface area contributed by atoms with Gasteiger partial charge in [-0.05, 0) is 17.7 Å². The molecule has 1 N–H and O–H groups in total. The molecule has 106 valence electrons. The molecule has 0 bridgehead atoms. The number of rotatable bonds is 3. The van der Waals surface area contributed by atoms with Gasteiger partial charge in [0.1, 0.15) is 11.7 Å². The van der Waals surface area contributed by atoms with Crippen molar-refractivity contribution in [3.63, 3.8) is 0 Å². The number of carboxylic acid groups (broad SMARTS) is 1. The fraction of sp³-hybridized carbons (Fsp3) is 0.133. The van der Waals surface area contributed by atoms with E-state index in [1.165, 1.54) is 11.0 Å². The Bertz CT molecular complexity index is 729. The third kappa shape index (κ3) is 2.10. The lowest BCUT2D eigenvalue weighted by molar-refractivity contribution is -0.384. The third-order valence-electron chi connectivity index (χ3n) is 3.60. The molecule has 0 spiro atoms. The molecule has 6 heteroatoms. The number of nitro groups is 1. The molecular formula is C15H12N2O4. The summed E-state index contributed by atoms with van der Waals surface area (Å²) in [6.45, 7) is 0. The molecule has 0 fully saturated rings. The van der Waals surface area contributed by atoms with Gasteiger partial charge in [-0.1, -0.05) is 30.3 Å². The normalized spacial score (nSPS) is 16.6. The first-order chi connectivity index (χ1) is 10.1. The average molecular weight is 284 g/mol. The van der Waals surface area contributed by atoms with Crippen LogP contribution >= 0.6 is 0 Å². The first kappa shape index (κ1) is 13.1. The molecule has 1 unspecified atom stereocenters. The van der Waals surface area contributed by atoms with Gasteiger partial charge in [-0.25, -0.2) is 4.79 Å². The summed E-state index contributed by atoms with van der Waals surface area (Å²) in [6, 6.07) is 12.6. The van der Waals surface area contributed by atoms with Crippen LogP contribution in [0.2, 0.25) is 0 Å². The van der Waals surface area contributed by atoms with Crippen molar-refractivity contribution in [2.45, 2.75) is 12.5 Å². The van der Waals surface area contributed by atoms with E-state index in [1.54, 1.807) is 30.3 Å². The summed E-state index contributed by atoms with van der Waals surface area (Å²) in [7, 11) is 0. The first-order valence-electron chi connectivity index (χ1n) is 6.43. The zero-order valence-corrected chi connectivity index (χ0v) is 11.0. The van der Waals surface area contributed by atoms with Gasteiger partial charge in [0.05, 0.1) is 4.92 Å². The van der Waals surface area contributed by atoms with Gasteiger partial charge in [0, 0.05) is 18.2 Å². The molecule has 1 aliphatic rings. The summed E-state index contributed by atoms with van der Waals surface area (Å²) in [4.78, 5) is 23.8. The molecule has 0 aromatic heterocycles. The van der Waals surface area contributed by atoms with Crippen LogP contribution < -0.4 is 4.90 Å². The number of nitro benzene ring substituents is 1.